The van der Waals surface area contributed by atoms with Crippen LogP contribution in [-0.4, -0.2) is 17.1 Å². The van der Waals surface area contributed by atoms with Gasteiger partial charge in [-0.3, -0.25) is 4.98 Å². The van der Waals surface area contributed by atoms with Gasteiger partial charge in [-0.05, 0) is 29.8 Å². The maximum absolute atomic E-state index is 9.18. The molecule has 0 atom stereocenters. The van der Waals surface area contributed by atoms with Crippen LogP contribution in [0.3, 0.4) is 0 Å². The Labute approximate surface area is 112 Å². The predicted molar refractivity (Wildman–Crippen MR) is 73.4 cm³/mol. The largest absolute Gasteiger partial charge is 0.392 e. The summed E-state index contributed by atoms with van der Waals surface area (Å²) < 4.78 is 0. The van der Waals surface area contributed by atoms with Crippen LogP contribution in [0.4, 0.5) is 5.69 Å². The molecule has 0 fully saturated rings. The Morgan fingerprint density at radius 3 is 2.79 bits per heavy atom. The maximum atomic E-state index is 9.18. The van der Waals surface area contributed by atoms with E-state index in [1.807, 2.05) is 42.3 Å². The zero-order chi connectivity index (χ0) is 13.7. The molecule has 0 spiro atoms. The van der Waals surface area contributed by atoms with E-state index < -0.39 is 0 Å². The molecule has 1 aromatic heterocycles. The van der Waals surface area contributed by atoms with Gasteiger partial charge in [-0.15, -0.1) is 0 Å². The normalized spacial score (nSPS) is 9.95. The van der Waals surface area contributed by atoms with E-state index in [0.29, 0.717) is 12.1 Å². The molecule has 1 N–H and O–H groups in total. The number of aliphatic hydroxyl groups is 1. The molecule has 0 aliphatic rings. The molecule has 0 unspecified atom stereocenters. The van der Waals surface area contributed by atoms with Gasteiger partial charge < -0.3 is 10.0 Å². The Kier molecular flexibility index (Phi) is 4.11. The Hall–Kier alpha value is -2.38. The zero-order valence-corrected chi connectivity index (χ0v) is 10.7. The number of rotatable bonds is 4. The Morgan fingerprint density at radius 1 is 1.32 bits per heavy atom. The van der Waals surface area contributed by atoms with Gasteiger partial charge in [0.25, 0.3) is 0 Å². The average Bonchev–Trinajstić information content (AvgIpc) is 2.47. The van der Waals surface area contributed by atoms with Gasteiger partial charge in [0.1, 0.15) is 6.07 Å². The number of hydrogen-bond donors (Lipinski definition) is 1. The van der Waals surface area contributed by atoms with Gasteiger partial charge >= 0.3 is 0 Å². The molecule has 19 heavy (non-hydrogen) atoms. The van der Waals surface area contributed by atoms with Gasteiger partial charge in [-0.25, -0.2) is 0 Å². The first-order chi connectivity index (χ1) is 9.24. The maximum Gasteiger partial charge on any atom is 0.101 e. The molecule has 0 saturated heterocycles. The van der Waals surface area contributed by atoms with Crippen LogP contribution in [0, 0.1) is 11.3 Å². The van der Waals surface area contributed by atoms with Crippen molar-refractivity contribution < 1.29 is 5.11 Å². The summed E-state index contributed by atoms with van der Waals surface area (Å²) in [4.78, 5) is 6.24. The molecule has 0 aliphatic carbocycles. The average molecular weight is 253 g/mol. The second-order valence-electron chi connectivity index (χ2n) is 4.30. The fourth-order valence-electron chi connectivity index (χ4n) is 1.92. The van der Waals surface area contributed by atoms with Crippen molar-refractivity contribution in [1.82, 2.24) is 4.98 Å². The number of aromatic nitrogens is 1. The van der Waals surface area contributed by atoms with Crippen LogP contribution in [0.15, 0.2) is 42.6 Å². The van der Waals surface area contributed by atoms with Crippen LogP contribution in [0.1, 0.15) is 16.8 Å². The van der Waals surface area contributed by atoms with Crippen molar-refractivity contribution in [3.05, 3.63) is 59.4 Å². The number of pyridine rings is 1. The van der Waals surface area contributed by atoms with E-state index in [1.54, 1.807) is 12.3 Å². The molecule has 2 aromatic rings. The van der Waals surface area contributed by atoms with Crippen molar-refractivity contribution >= 4 is 5.69 Å². The highest BCUT2D eigenvalue weighted by molar-refractivity contribution is 5.60. The molecule has 0 radical (unpaired) electrons. The molecular weight excluding hydrogens is 238 g/mol. The quantitative estimate of drug-likeness (QED) is 0.906. The first-order valence-corrected chi connectivity index (χ1v) is 5.99. The SMILES string of the molecule is CN(Cc1ccccn1)c1ccc(CO)cc1C#N. The molecule has 1 aromatic carbocycles. The summed E-state index contributed by atoms with van der Waals surface area (Å²) in [6.07, 6.45) is 1.75. The number of hydrogen-bond acceptors (Lipinski definition) is 4. The highest BCUT2D eigenvalue weighted by Crippen LogP contribution is 2.21. The fourth-order valence-corrected chi connectivity index (χ4v) is 1.92. The molecule has 1 heterocycles. The summed E-state index contributed by atoms with van der Waals surface area (Å²) in [7, 11) is 1.92. The molecular formula is C15H15N3O. The molecule has 0 amide bonds. The van der Waals surface area contributed by atoms with Crippen molar-refractivity contribution in [2.75, 3.05) is 11.9 Å². The van der Waals surface area contributed by atoms with E-state index in [9.17, 15) is 5.26 Å². The smallest absolute Gasteiger partial charge is 0.101 e. The third-order valence-corrected chi connectivity index (χ3v) is 2.90. The van der Waals surface area contributed by atoms with Crippen LogP contribution in [0.25, 0.3) is 0 Å². The minimum absolute atomic E-state index is 0.0566. The first kappa shape index (κ1) is 13.1. The molecule has 0 saturated carbocycles. The van der Waals surface area contributed by atoms with Crippen molar-refractivity contribution in [1.29, 1.82) is 5.26 Å². The van der Waals surface area contributed by atoms with E-state index in [2.05, 4.69) is 11.1 Å². The minimum atomic E-state index is -0.0566. The number of benzene rings is 1. The van der Waals surface area contributed by atoms with Gasteiger partial charge in [-0.1, -0.05) is 12.1 Å². The number of aliphatic hydroxyl groups excluding tert-OH is 1. The zero-order valence-electron chi connectivity index (χ0n) is 10.7. The molecule has 4 heteroatoms. The summed E-state index contributed by atoms with van der Waals surface area (Å²) in [5.74, 6) is 0. The highest BCUT2D eigenvalue weighted by Gasteiger charge is 2.09. The topological polar surface area (TPSA) is 60.1 Å². The molecule has 4 nitrogen and oxygen atoms in total. The minimum Gasteiger partial charge on any atom is -0.392 e. The lowest BCUT2D eigenvalue weighted by Gasteiger charge is -2.20. The van der Waals surface area contributed by atoms with E-state index in [-0.39, 0.29) is 6.61 Å². The van der Waals surface area contributed by atoms with Gasteiger partial charge in [0.2, 0.25) is 0 Å². The fraction of sp³-hybridized carbons (Fsp3) is 0.200. The summed E-state index contributed by atoms with van der Waals surface area (Å²) in [6.45, 7) is 0.576. The van der Waals surface area contributed by atoms with Crippen molar-refractivity contribution in [2.45, 2.75) is 13.2 Å². The lowest BCUT2D eigenvalue weighted by molar-refractivity contribution is 0.282. The van der Waals surface area contributed by atoms with Crippen LogP contribution < -0.4 is 4.90 Å². The second kappa shape index (κ2) is 5.98. The summed E-state index contributed by atoms with van der Waals surface area (Å²) in [5, 5.41) is 18.3. The molecule has 0 bridgehead atoms. The Bertz CT molecular complexity index is 590. The van der Waals surface area contributed by atoms with Crippen molar-refractivity contribution in [2.24, 2.45) is 0 Å². The number of anilines is 1. The van der Waals surface area contributed by atoms with Crippen LogP contribution in [0.5, 0.6) is 0 Å². The number of nitrogens with zero attached hydrogens (tertiary/aromatic N) is 3. The van der Waals surface area contributed by atoms with E-state index >= 15 is 0 Å². The van der Waals surface area contributed by atoms with Gasteiger partial charge in [0.15, 0.2) is 0 Å². The lowest BCUT2D eigenvalue weighted by Crippen LogP contribution is -2.18. The molecule has 0 aliphatic heterocycles. The predicted octanol–water partition coefficient (Wildman–Crippen LogP) is 2.08. The Morgan fingerprint density at radius 2 is 2.16 bits per heavy atom. The first-order valence-electron chi connectivity index (χ1n) is 5.99. The molecule has 96 valence electrons. The van der Waals surface area contributed by atoms with Crippen LogP contribution >= 0.6 is 0 Å². The van der Waals surface area contributed by atoms with Crippen LogP contribution in [0.2, 0.25) is 0 Å². The highest BCUT2D eigenvalue weighted by atomic mass is 16.3. The summed E-state index contributed by atoms with van der Waals surface area (Å²) in [6, 6.07) is 13.3. The standard InChI is InChI=1S/C15H15N3O/c1-18(10-14-4-2-3-7-17-14)15-6-5-12(11-19)8-13(15)9-16/h2-8,19H,10-11H2,1H3. The van der Waals surface area contributed by atoms with Gasteiger partial charge in [0.05, 0.1) is 30.1 Å². The van der Waals surface area contributed by atoms with Gasteiger partial charge in [-0.2, -0.15) is 5.26 Å². The lowest BCUT2D eigenvalue weighted by atomic mass is 10.1. The summed E-state index contributed by atoms with van der Waals surface area (Å²) in [5.41, 5.74) is 3.09. The van der Waals surface area contributed by atoms with Crippen LogP contribution in [-0.2, 0) is 13.2 Å². The van der Waals surface area contributed by atoms with E-state index in [1.165, 1.54) is 0 Å². The third-order valence-electron chi connectivity index (χ3n) is 2.90. The second-order valence-corrected chi connectivity index (χ2v) is 4.30. The van der Waals surface area contributed by atoms with Crippen molar-refractivity contribution in [3.8, 4) is 6.07 Å². The summed E-state index contributed by atoms with van der Waals surface area (Å²) >= 11 is 0. The number of nitriles is 1. The molecule has 2 rings (SSSR count). The van der Waals surface area contributed by atoms with E-state index in [4.69, 9.17) is 5.11 Å². The third kappa shape index (κ3) is 3.09. The van der Waals surface area contributed by atoms with Crippen molar-refractivity contribution in [3.63, 3.8) is 0 Å². The monoisotopic (exact) mass is 253 g/mol. The van der Waals surface area contributed by atoms with Gasteiger partial charge in [0, 0.05) is 13.2 Å². The Balaban J connectivity index is 2.24. The van der Waals surface area contributed by atoms with E-state index in [0.717, 1.165) is 16.9 Å².